The largest absolute Gasteiger partial charge is 0.618 e. The summed E-state index contributed by atoms with van der Waals surface area (Å²) in [5, 5.41) is 23.0. The summed E-state index contributed by atoms with van der Waals surface area (Å²) in [6.07, 6.45) is 12.1. The van der Waals surface area contributed by atoms with Crippen molar-refractivity contribution >= 4 is 10.9 Å². The van der Waals surface area contributed by atoms with Gasteiger partial charge >= 0.3 is 0 Å². The second-order valence-electron chi connectivity index (χ2n) is 6.41. The molecule has 3 heteroatoms. The number of unbranched alkanes of at least 4 members (excludes halogenated alkanes) is 8. The molecule has 0 unspecified atom stereocenters. The van der Waals surface area contributed by atoms with Gasteiger partial charge in [0, 0.05) is 18.6 Å². The van der Waals surface area contributed by atoms with Crippen LogP contribution in [0, 0.1) is 5.21 Å². The van der Waals surface area contributed by atoms with Crippen LogP contribution in [-0.2, 0) is 6.42 Å². The topological polar surface area (TPSA) is 47.2 Å². The minimum Gasteiger partial charge on any atom is -0.618 e. The van der Waals surface area contributed by atoms with Crippen LogP contribution in [0.2, 0.25) is 0 Å². The number of hydrogen-bond donors (Lipinski definition) is 1. The Morgan fingerprint density at radius 2 is 1.52 bits per heavy atom. The summed E-state index contributed by atoms with van der Waals surface area (Å²) in [6, 6.07) is 8.84. The molecule has 0 aliphatic rings. The van der Waals surface area contributed by atoms with Crippen molar-refractivity contribution in [1.82, 2.24) is 0 Å². The van der Waals surface area contributed by atoms with Crippen LogP contribution in [0.1, 0.15) is 70.4 Å². The third-order valence-electron chi connectivity index (χ3n) is 4.50. The molecular weight excluding hydrogens is 286 g/mol. The maximum absolute atomic E-state index is 12.4. The lowest BCUT2D eigenvalue weighted by molar-refractivity contribution is -0.586. The Morgan fingerprint density at radius 3 is 2.22 bits per heavy atom. The number of fused-ring (bicyclic) bond motifs is 1. The highest BCUT2D eigenvalue weighted by molar-refractivity contribution is 5.82. The van der Waals surface area contributed by atoms with Crippen LogP contribution in [0.25, 0.3) is 10.9 Å². The van der Waals surface area contributed by atoms with Gasteiger partial charge < -0.3 is 10.3 Å². The maximum Gasteiger partial charge on any atom is 0.227 e. The van der Waals surface area contributed by atoms with Crippen LogP contribution in [0.4, 0.5) is 0 Å². The van der Waals surface area contributed by atoms with Gasteiger partial charge in [0.05, 0.1) is 5.39 Å². The molecule has 23 heavy (non-hydrogen) atoms. The van der Waals surface area contributed by atoms with E-state index >= 15 is 0 Å². The molecule has 2 rings (SSSR count). The van der Waals surface area contributed by atoms with Gasteiger partial charge in [-0.25, -0.2) is 0 Å². The van der Waals surface area contributed by atoms with Gasteiger partial charge in [0.15, 0.2) is 5.69 Å². The van der Waals surface area contributed by atoms with Crippen molar-refractivity contribution in [1.29, 1.82) is 0 Å². The lowest BCUT2D eigenvalue weighted by Gasteiger charge is -2.09. The fraction of sp³-hybridized carbons (Fsp3) is 0.550. The van der Waals surface area contributed by atoms with E-state index in [9.17, 15) is 10.3 Å². The van der Waals surface area contributed by atoms with Crippen molar-refractivity contribution in [3.63, 3.8) is 0 Å². The zero-order chi connectivity index (χ0) is 16.5. The molecule has 0 radical (unpaired) electrons. The number of aromatic hydroxyl groups is 1. The molecule has 0 bridgehead atoms. The molecular formula is C20H29NO2. The maximum atomic E-state index is 12.4. The zero-order valence-electron chi connectivity index (χ0n) is 14.3. The van der Waals surface area contributed by atoms with Crippen molar-refractivity contribution in [2.75, 3.05) is 0 Å². The molecule has 3 nitrogen and oxygen atoms in total. The Hall–Kier alpha value is -1.77. The molecule has 0 atom stereocenters. The lowest BCUT2D eigenvalue weighted by Crippen LogP contribution is -2.32. The molecule has 0 aliphatic carbocycles. The fourth-order valence-electron chi connectivity index (χ4n) is 3.11. The van der Waals surface area contributed by atoms with Crippen LogP contribution in [0.15, 0.2) is 30.3 Å². The van der Waals surface area contributed by atoms with E-state index in [0.29, 0.717) is 16.6 Å². The van der Waals surface area contributed by atoms with Gasteiger partial charge in [-0.1, -0.05) is 70.4 Å². The molecule has 1 heterocycles. The van der Waals surface area contributed by atoms with Crippen molar-refractivity contribution in [2.45, 2.75) is 71.1 Å². The summed E-state index contributed by atoms with van der Waals surface area (Å²) in [5.74, 6) is 0.207. The monoisotopic (exact) mass is 315 g/mol. The molecule has 0 amide bonds. The first-order valence-corrected chi connectivity index (χ1v) is 9.07. The highest BCUT2D eigenvalue weighted by Crippen LogP contribution is 2.23. The minimum absolute atomic E-state index is 0.207. The molecule has 0 fully saturated rings. The molecule has 0 saturated heterocycles. The summed E-state index contributed by atoms with van der Waals surface area (Å²) < 4.78 is 0.972. The Kier molecular flexibility index (Phi) is 7.18. The number of rotatable bonds is 10. The van der Waals surface area contributed by atoms with Gasteiger partial charge in [0.25, 0.3) is 0 Å². The standard InChI is InChI=1S/C20H29NO2/c1-2-3-4-5-6-7-8-9-10-13-17-16-20(22)18-14-11-12-15-19(18)21(17)23/h11-12,14-16,22H,2-10,13H2,1H3. The molecule has 0 spiro atoms. The van der Waals surface area contributed by atoms with Crippen molar-refractivity contribution < 1.29 is 9.84 Å². The van der Waals surface area contributed by atoms with Gasteiger partial charge in [-0.2, -0.15) is 4.73 Å². The molecule has 0 saturated carbocycles. The molecule has 1 aromatic heterocycles. The smallest absolute Gasteiger partial charge is 0.227 e. The number of nitrogens with zero attached hydrogens (tertiary/aromatic N) is 1. The van der Waals surface area contributed by atoms with Gasteiger partial charge in [0.2, 0.25) is 5.52 Å². The Bertz CT molecular complexity index is 610. The first-order chi connectivity index (χ1) is 11.2. The van der Waals surface area contributed by atoms with E-state index in [4.69, 9.17) is 0 Å². The Balaban J connectivity index is 1.76. The number of benzene rings is 1. The van der Waals surface area contributed by atoms with E-state index < -0.39 is 0 Å². The molecule has 0 aliphatic heterocycles. The van der Waals surface area contributed by atoms with Crippen LogP contribution in [0.3, 0.4) is 0 Å². The zero-order valence-corrected chi connectivity index (χ0v) is 14.3. The second kappa shape index (κ2) is 9.39. The average molecular weight is 315 g/mol. The van der Waals surface area contributed by atoms with Crippen LogP contribution >= 0.6 is 0 Å². The minimum atomic E-state index is 0.207. The van der Waals surface area contributed by atoms with E-state index in [-0.39, 0.29) is 5.75 Å². The van der Waals surface area contributed by atoms with Gasteiger partial charge in [-0.05, 0) is 12.5 Å². The predicted molar refractivity (Wildman–Crippen MR) is 95.5 cm³/mol. The third-order valence-corrected chi connectivity index (χ3v) is 4.50. The quantitative estimate of drug-likeness (QED) is 0.370. The van der Waals surface area contributed by atoms with Crippen molar-refractivity contribution in [2.24, 2.45) is 0 Å². The predicted octanol–water partition coefficient (Wildman–Crippen LogP) is 5.25. The third kappa shape index (κ3) is 5.12. The summed E-state index contributed by atoms with van der Waals surface area (Å²) in [6.45, 7) is 2.24. The summed E-state index contributed by atoms with van der Waals surface area (Å²) >= 11 is 0. The van der Waals surface area contributed by atoms with Crippen molar-refractivity contribution in [3.05, 3.63) is 41.2 Å². The second-order valence-corrected chi connectivity index (χ2v) is 6.41. The number of hydrogen-bond acceptors (Lipinski definition) is 2. The van der Waals surface area contributed by atoms with E-state index in [1.54, 1.807) is 18.2 Å². The SMILES string of the molecule is CCCCCCCCCCCc1cc(O)c2ccccc2[n+]1[O-]. The Morgan fingerprint density at radius 1 is 0.913 bits per heavy atom. The van der Waals surface area contributed by atoms with E-state index in [0.717, 1.165) is 24.0 Å². The summed E-state index contributed by atoms with van der Waals surface area (Å²) in [4.78, 5) is 0. The number of aryl methyl sites for hydroxylation is 1. The fourth-order valence-corrected chi connectivity index (χ4v) is 3.11. The summed E-state index contributed by atoms with van der Waals surface area (Å²) in [5.41, 5.74) is 1.22. The average Bonchev–Trinajstić information content (AvgIpc) is 2.57. The first kappa shape index (κ1) is 17.6. The first-order valence-electron chi connectivity index (χ1n) is 9.07. The molecule has 1 aromatic carbocycles. The highest BCUT2D eigenvalue weighted by Gasteiger charge is 2.14. The normalized spacial score (nSPS) is 11.2. The highest BCUT2D eigenvalue weighted by atomic mass is 16.5. The van der Waals surface area contributed by atoms with Crippen LogP contribution in [0.5, 0.6) is 5.75 Å². The van der Waals surface area contributed by atoms with Crippen LogP contribution < -0.4 is 4.73 Å². The van der Waals surface area contributed by atoms with E-state index in [2.05, 4.69) is 6.92 Å². The van der Waals surface area contributed by atoms with Crippen LogP contribution in [-0.4, -0.2) is 5.11 Å². The lowest BCUT2D eigenvalue weighted by atomic mass is 10.0. The number of para-hydroxylation sites is 1. The Labute approximate surface area is 139 Å². The van der Waals surface area contributed by atoms with Gasteiger partial charge in [-0.15, -0.1) is 0 Å². The summed E-state index contributed by atoms with van der Waals surface area (Å²) in [7, 11) is 0. The number of aromatic nitrogens is 1. The van der Waals surface area contributed by atoms with Crippen molar-refractivity contribution in [3.8, 4) is 5.75 Å². The van der Waals surface area contributed by atoms with Gasteiger partial charge in [0.1, 0.15) is 5.75 Å². The van der Waals surface area contributed by atoms with Gasteiger partial charge in [-0.3, -0.25) is 0 Å². The molecule has 2 aromatic rings. The molecule has 1 N–H and O–H groups in total. The molecule has 126 valence electrons. The van der Waals surface area contributed by atoms with E-state index in [1.807, 2.05) is 12.1 Å². The number of pyridine rings is 1. The van der Waals surface area contributed by atoms with E-state index in [1.165, 1.54) is 44.9 Å².